The number of allylic oxidation sites excluding steroid dienone is 1. The monoisotopic (exact) mass is 207 g/mol. The zero-order chi connectivity index (χ0) is 10.6. The number of ether oxygens (including phenoxy) is 1. The molecule has 2 nitrogen and oxygen atoms in total. The summed E-state index contributed by atoms with van der Waals surface area (Å²) < 4.78 is 5.63. The first-order chi connectivity index (χ1) is 7.31. The molecule has 2 rings (SSSR count). The second-order valence-corrected chi connectivity index (χ2v) is 4.92. The quantitative estimate of drug-likeness (QED) is 0.708. The second kappa shape index (κ2) is 4.73. The van der Waals surface area contributed by atoms with E-state index in [9.17, 15) is 0 Å². The Morgan fingerprint density at radius 1 is 1.13 bits per heavy atom. The molecule has 0 spiro atoms. The summed E-state index contributed by atoms with van der Waals surface area (Å²) in [5, 5.41) is 3.13. The Labute approximate surface area is 92.4 Å². The number of hydrogen-bond acceptors (Lipinski definition) is 2. The van der Waals surface area contributed by atoms with E-state index in [2.05, 4.69) is 12.2 Å². The highest BCUT2D eigenvalue weighted by atomic mass is 16.5. The highest BCUT2D eigenvalue weighted by Crippen LogP contribution is 2.40. The summed E-state index contributed by atoms with van der Waals surface area (Å²) in [5.41, 5.74) is 0.248. The summed E-state index contributed by atoms with van der Waals surface area (Å²) in [4.78, 5) is 0. The third-order valence-electron chi connectivity index (χ3n) is 3.63. The van der Waals surface area contributed by atoms with E-state index in [0.29, 0.717) is 0 Å². The van der Waals surface area contributed by atoms with Crippen molar-refractivity contribution in [3.05, 3.63) is 24.4 Å². The SMILES string of the molecule is CC1(C2=CNC=CO2)CCCCCCC1. The Kier molecular flexibility index (Phi) is 3.34. The van der Waals surface area contributed by atoms with Gasteiger partial charge in [-0.05, 0) is 12.8 Å². The first-order valence-corrected chi connectivity index (χ1v) is 6.10. The van der Waals surface area contributed by atoms with Gasteiger partial charge in [-0.2, -0.15) is 0 Å². The summed E-state index contributed by atoms with van der Waals surface area (Å²) in [7, 11) is 0. The minimum Gasteiger partial charge on any atom is -0.466 e. The van der Waals surface area contributed by atoms with E-state index < -0.39 is 0 Å². The van der Waals surface area contributed by atoms with Crippen molar-refractivity contribution < 1.29 is 4.74 Å². The van der Waals surface area contributed by atoms with E-state index in [4.69, 9.17) is 4.74 Å². The van der Waals surface area contributed by atoms with Crippen molar-refractivity contribution in [1.29, 1.82) is 0 Å². The highest BCUT2D eigenvalue weighted by molar-refractivity contribution is 5.11. The summed E-state index contributed by atoms with van der Waals surface area (Å²) in [6.07, 6.45) is 15.0. The molecule has 0 aromatic carbocycles. The normalized spacial score (nSPS) is 25.5. The molecule has 15 heavy (non-hydrogen) atoms. The Bertz CT molecular complexity index is 260. The van der Waals surface area contributed by atoms with Crippen LogP contribution < -0.4 is 5.32 Å². The summed E-state index contributed by atoms with van der Waals surface area (Å²) in [6, 6.07) is 0. The van der Waals surface area contributed by atoms with Gasteiger partial charge in [0.05, 0.1) is 0 Å². The van der Waals surface area contributed by atoms with E-state index in [0.717, 1.165) is 5.76 Å². The lowest BCUT2D eigenvalue weighted by molar-refractivity contribution is 0.169. The lowest BCUT2D eigenvalue weighted by Crippen LogP contribution is -2.24. The summed E-state index contributed by atoms with van der Waals surface area (Å²) in [6.45, 7) is 2.34. The number of nitrogens with one attached hydrogen (secondary N) is 1. The molecule has 1 aliphatic heterocycles. The zero-order valence-electron chi connectivity index (χ0n) is 9.59. The molecule has 0 radical (unpaired) electrons. The molecule has 0 saturated heterocycles. The standard InChI is InChI=1S/C13H21NO/c1-13(12-11-14-9-10-15-12)7-5-3-2-4-6-8-13/h9-11,14H,2-8H2,1H3. The number of rotatable bonds is 1. The van der Waals surface area contributed by atoms with Gasteiger partial charge in [-0.3, -0.25) is 0 Å². The summed E-state index contributed by atoms with van der Waals surface area (Å²) >= 11 is 0. The van der Waals surface area contributed by atoms with Crippen molar-refractivity contribution in [2.75, 3.05) is 0 Å². The predicted molar refractivity (Wildman–Crippen MR) is 61.9 cm³/mol. The van der Waals surface area contributed by atoms with Gasteiger partial charge in [-0.15, -0.1) is 0 Å². The van der Waals surface area contributed by atoms with Crippen LogP contribution in [-0.4, -0.2) is 0 Å². The van der Waals surface area contributed by atoms with Gasteiger partial charge in [0.25, 0.3) is 0 Å². The van der Waals surface area contributed by atoms with Gasteiger partial charge in [-0.25, -0.2) is 0 Å². The first kappa shape index (κ1) is 10.6. The first-order valence-electron chi connectivity index (χ1n) is 6.10. The molecule has 0 bridgehead atoms. The molecular weight excluding hydrogens is 186 g/mol. The Balaban J connectivity index is 2.04. The fraction of sp³-hybridized carbons (Fsp3) is 0.692. The van der Waals surface area contributed by atoms with E-state index in [1.54, 1.807) is 6.26 Å². The van der Waals surface area contributed by atoms with Gasteiger partial charge in [0.1, 0.15) is 12.0 Å². The van der Waals surface area contributed by atoms with E-state index >= 15 is 0 Å². The molecule has 84 valence electrons. The van der Waals surface area contributed by atoms with Gasteiger partial charge in [0.2, 0.25) is 0 Å². The van der Waals surface area contributed by atoms with Crippen LogP contribution in [0.4, 0.5) is 0 Å². The minimum absolute atomic E-state index is 0.248. The molecule has 1 heterocycles. The van der Waals surface area contributed by atoms with Crippen LogP contribution >= 0.6 is 0 Å². The van der Waals surface area contributed by atoms with Crippen molar-refractivity contribution in [1.82, 2.24) is 5.32 Å². The maximum absolute atomic E-state index is 5.63. The third-order valence-corrected chi connectivity index (χ3v) is 3.63. The minimum atomic E-state index is 0.248. The van der Waals surface area contributed by atoms with Gasteiger partial charge in [-0.1, -0.05) is 39.0 Å². The average molecular weight is 207 g/mol. The molecular formula is C13H21NO. The number of hydrogen-bond donors (Lipinski definition) is 1. The van der Waals surface area contributed by atoms with Crippen LogP contribution in [0.25, 0.3) is 0 Å². The van der Waals surface area contributed by atoms with Crippen LogP contribution in [-0.2, 0) is 4.74 Å². The smallest absolute Gasteiger partial charge is 0.125 e. The van der Waals surface area contributed by atoms with Gasteiger partial charge in [0, 0.05) is 17.8 Å². The molecule has 1 aliphatic carbocycles. The molecule has 0 atom stereocenters. The van der Waals surface area contributed by atoms with Crippen molar-refractivity contribution in [3.63, 3.8) is 0 Å². The van der Waals surface area contributed by atoms with Crippen LogP contribution in [0.1, 0.15) is 51.9 Å². The van der Waals surface area contributed by atoms with Gasteiger partial charge in [0.15, 0.2) is 0 Å². The van der Waals surface area contributed by atoms with Crippen LogP contribution in [0.15, 0.2) is 24.4 Å². The predicted octanol–water partition coefficient (Wildman–Crippen LogP) is 3.67. The van der Waals surface area contributed by atoms with Gasteiger partial charge >= 0.3 is 0 Å². The summed E-state index contributed by atoms with van der Waals surface area (Å²) in [5.74, 6) is 1.12. The van der Waals surface area contributed by atoms with Crippen molar-refractivity contribution in [2.45, 2.75) is 51.9 Å². The van der Waals surface area contributed by atoms with Crippen molar-refractivity contribution in [3.8, 4) is 0 Å². The highest BCUT2D eigenvalue weighted by Gasteiger charge is 2.31. The van der Waals surface area contributed by atoms with Crippen LogP contribution in [0.5, 0.6) is 0 Å². The molecule has 1 saturated carbocycles. The van der Waals surface area contributed by atoms with Crippen LogP contribution in [0, 0.1) is 5.41 Å². The lowest BCUT2D eigenvalue weighted by Gasteiger charge is -2.33. The zero-order valence-corrected chi connectivity index (χ0v) is 9.59. The lowest BCUT2D eigenvalue weighted by atomic mass is 9.76. The fourth-order valence-corrected chi connectivity index (χ4v) is 2.55. The molecule has 1 N–H and O–H groups in total. The van der Waals surface area contributed by atoms with Crippen molar-refractivity contribution in [2.24, 2.45) is 5.41 Å². The molecule has 2 heteroatoms. The average Bonchev–Trinajstić information content (AvgIpc) is 2.25. The Hall–Kier alpha value is -0.920. The maximum atomic E-state index is 5.63. The molecule has 2 aliphatic rings. The van der Waals surface area contributed by atoms with Crippen LogP contribution in [0.3, 0.4) is 0 Å². The molecule has 0 aromatic rings. The van der Waals surface area contributed by atoms with E-state index in [1.165, 1.54) is 44.9 Å². The topological polar surface area (TPSA) is 21.3 Å². The largest absolute Gasteiger partial charge is 0.466 e. The van der Waals surface area contributed by atoms with Crippen molar-refractivity contribution >= 4 is 0 Å². The van der Waals surface area contributed by atoms with E-state index in [-0.39, 0.29) is 5.41 Å². The third kappa shape index (κ3) is 2.55. The van der Waals surface area contributed by atoms with Gasteiger partial charge < -0.3 is 10.1 Å². The molecule has 0 amide bonds. The molecule has 1 fully saturated rings. The Morgan fingerprint density at radius 2 is 1.80 bits per heavy atom. The maximum Gasteiger partial charge on any atom is 0.125 e. The van der Waals surface area contributed by atoms with Crippen LogP contribution in [0.2, 0.25) is 0 Å². The molecule has 0 aromatic heterocycles. The fourth-order valence-electron chi connectivity index (χ4n) is 2.55. The Morgan fingerprint density at radius 3 is 2.40 bits per heavy atom. The van der Waals surface area contributed by atoms with E-state index in [1.807, 2.05) is 12.4 Å². The second-order valence-electron chi connectivity index (χ2n) is 4.92. The molecule has 0 unspecified atom stereocenters.